The van der Waals surface area contributed by atoms with Crippen LogP contribution in [-0.4, -0.2) is 21.4 Å². The van der Waals surface area contributed by atoms with E-state index in [1.807, 2.05) is 6.07 Å². The Balaban J connectivity index is 2.18. The van der Waals surface area contributed by atoms with E-state index in [4.69, 9.17) is 18.0 Å². The van der Waals surface area contributed by atoms with Crippen molar-refractivity contribution in [3.05, 3.63) is 21.5 Å². The van der Waals surface area contributed by atoms with Crippen molar-refractivity contribution in [1.29, 1.82) is 0 Å². The van der Waals surface area contributed by atoms with Gasteiger partial charge in [0.1, 0.15) is 11.5 Å². The SMILES string of the molecule is NC(=S)n1nc(-c2ccc(Br)s2)c2c1NCC2. The Morgan fingerprint density at radius 2 is 2.41 bits per heavy atom. The third-order valence-corrected chi connectivity index (χ3v) is 4.47. The first-order valence-electron chi connectivity index (χ1n) is 5.08. The van der Waals surface area contributed by atoms with Crippen LogP contribution in [0.1, 0.15) is 5.56 Å². The second-order valence-corrected chi connectivity index (χ2v) is 6.59. The topological polar surface area (TPSA) is 55.9 Å². The molecular weight excluding hydrogens is 320 g/mol. The average molecular weight is 329 g/mol. The van der Waals surface area contributed by atoms with E-state index in [2.05, 4.69) is 32.4 Å². The van der Waals surface area contributed by atoms with E-state index in [0.29, 0.717) is 0 Å². The van der Waals surface area contributed by atoms with Crippen LogP contribution in [-0.2, 0) is 6.42 Å². The summed E-state index contributed by atoms with van der Waals surface area (Å²) in [5.41, 5.74) is 7.85. The van der Waals surface area contributed by atoms with E-state index in [1.54, 1.807) is 16.0 Å². The minimum absolute atomic E-state index is 0.275. The number of thiophene rings is 1. The van der Waals surface area contributed by atoms with E-state index >= 15 is 0 Å². The molecule has 2 aromatic rings. The van der Waals surface area contributed by atoms with Crippen molar-refractivity contribution in [2.45, 2.75) is 6.42 Å². The van der Waals surface area contributed by atoms with Gasteiger partial charge in [-0.15, -0.1) is 11.3 Å². The summed E-state index contributed by atoms with van der Waals surface area (Å²) in [6.45, 7) is 0.912. The van der Waals surface area contributed by atoms with Crippen molar-refractivity contribution in [2.24, 2.45) is 5.73 Å². The summed E-state index contributed by atoms with van der Waals surface area (Å²) >= 11 is 10.1. The van der Waals surface area contributed by atoms with Gasteiger partial charge in [0.05, 0.1) is 8.66 Å². The zero-order chi connectivity index (χ0) is 12.0. The van der Waals surface area contributed by atoms with Gasteiger partial charge in [-0.05, 0) is 46.7 Å². The molecule has 0 aliphatic carbocycles. The van der Waals surface area contributed by atoms with Crippen LogP contribution < -0.4 is 11.1 Å². The molecule has 0 atom stereocenters. The fourth-order valence-electron chi connectivity index (χ4n) is 1.97. The number of hydrogen-bond acceptors (Lipinski definition) is 4. The molecule has 0 unspecified atom stereocenters. The minimum atomic E-state index is 0.275. The summed E-state index contributed by atoms with van der Waals surface area (Å²) in [6, 6.07) is 4.08. The van der Waals surface area contributed by atoms with Gasteiger partial charge in [0, 0.05) is 12.1 Å². The number of thiocarbonyl (C=S) groups is 1. The van der Waals surface area contributed by atoms with Crippen molar-refractivity contribution in [3.63, 3.8) is 0 Å². The minimum Gasteiger partial charge on any atom is -0.374 e. The standard InChI is InChI=1S/C10H9BrN4S2/c11-7-2-1-6(17-7)8-5-3-4-13-9(5)15(14-8)10(12)16/h1-2,13H,3-4H2,(H2,12,16). The van der Waals surface area contributed by atoms with Gasteiger partial charge in [-0.25, -0.2) is 0 Å². The Hall–Kier alpha value is -0.920. The molecule has 1 aliphatic rings. The summed E-state index contributed by atoms with van der Waals surface area (Å²) in [5.74, 6) is 0.942. The number of anilines is 1. The van der Waals surface area contributed by atoms with E-state index in [9.17, 15) is 0 Å². The predicted octanol–water partition coefficient (Wildman–Crippen LogP) is 2.43. The molecule has 0 amide bonds. The molecule has 0 fully saturated rings. The lowest BCUT2D eigenvalue weighted by Gasteiger charge is -2.01. The van der Waals surface area contributed by atoms with Gasteiger partial charge in [-0.2, -0.15) is 9.78 Å². The van der Waals surface area contributed by atoms with Crippen LogP contribution in [0.25, 0.3) is 10.6 Å². The monoisotopic (exact) mass is 328 g/mol. The quantitative estimate of drug-likeness (QED) is 0.789. The van der Waals surface area contributed by atoms with Crippen LogP contribution in [0.15, 0.2) is 15.9 Å². The maximum absolute atomic E-state index is 5.67. The molecule has 4 nitrogen and oxygen atoms in total. The number of nitrogens with one attached hydrogen (secondary N) is 1. The fourth-order valence-corrected chi connectivity index (χ4v) is 3.50. The second-order valence-electron chi connectivity index (χ2n) is 3.71. The van der Waals surface area contributed by atoms with E-state index in [1.165, 1.54) is 5.56 Å². The van der Waals surface area contributed by atoms with Crippen LogP contribution in [0.5, 0.6) is 0 Å². The predicted molar refractivity (Wildman–Crippen MR) is 77.6 cm³/mol. The molecule has 0 saturated heterocycles. The van der Waals surface area contributed by atoms with Gasteiger partial charge >= 0.3 is 0 Å². The third-order valence-electron chi connectivity index (χ3n) is 2.67. The first-order valence-corrected chi connectivity index (χ1v) is 7.10. The molecule has 3 heterocycles. The van der Waals surface area contributed by atoms with Crippen molar-refractivity contribution >= 4 is 50.4 Å². The lowest BCUT2D eigenvalue weighted by Crippen LogP contribution is -2.22. The molecule has 0 saturated carbocycles. The first kappa shape index (κ1) is 11.2. The lowest BCUT2D eigenvalue weighted by molar-refractivity contribution is 0.937. The zero-order valence-corrected chi connectivity index (χ0v) is 12.0. The summed E-state index contributed by atoms with van der Waals surface area (Å²) < 4.78 is 2.71. The van der Waals surface area contributed by atoms with Crippen LogP contribution in [0.2, 0.25) is 0 Å². The van der Waals surface area contributed by atoms with Gasteiger partial charge in [-0.3, -0.25) is 0 Å². The molecule has 1 aliphatic heterocycles. The highest BCUT2D eigenvalue weighted by atomic mass is 79.9. The number of rotatable bonds is 1. The first-order chi connectivity index (χ1) is 8.16. The molecular formula is C10H9BrN4S2. The molecule has 7 heteroatoms. The number of fused-ring (bicyclic) bond motifs is 1. The molecule has 0 aromatic carbocycles. The van der Waals surface area contributed by atoms with Gasteiger partial charge in [0.15, 0.2) is 5.11 Å². The van der Waals surface area contributed by atoms with Gasteiger partial charge < -0.3 is 11.1 Å². The maximum atomic E-state index is 5.67. The number of aromatic nitrogens is 2. The zero-order valence-electron chi connectivity index (χ0n) is 8.74. The van der Waals surface area contributed by atoms with E-state index in [0.717, 1.165) is 33.1 Å². The van der Waals surface area contributed by atoms with Crippen LogP contribution in [0, 0.1) is 0 Å². The van der Waals surface area contributed by atoms with Crippen LogP contribution >= 0.6 is 39.5 Å². The van der Waals surface area contributed by atoms with Gasteiger partial charge in [0.25, 0.3) is 0 Å². The van der Waals surface area contributed by atoms with Gasteiger partial charge in [0.2, 0.25) is 0 Å². The normalized spacial score (nSPS) is 13.5. The van der Waals surface area contributed by atoms with Crippen molar-refractivity contribution in [2.75, 3.05) is 11.9 Å². The fraction of sp³-hybridized carbons (Fsp3) is 0.200. The maximum Gasteiger partial charge on any atom is 0.193 e. The molecule has 88 valence electrons. The highest BCUT2D eigenvalue weighted by molar-refractivity contribution is 9.11. The number of hydrogen-bond donors (Lipinski definition) is 2. The molecule has 17 heavy (non-hydrogen) atoms. The number of nitrogens with zero attached hydrogens (tertiary/aromatic N) is 2. The van der Waals surface area contributed by atoms with E-state index in [-0.39, 0.29) is 5.11 Å². The van der Waals surface area contributed by atoms with Gasteiger partial charge in [-0.1, -0.05) is 0 Å². The van der Waals surface area contributed by atoms with Crippen LogP contribution in [0.3, 0.4) is 0 Å². The summed E-state index contributed by atoms with van der Waals surface area (Å²) in [7, 11) is 0. The molecule has 3 N–H and O–H groups in total. The molecule has 0 bridgehead atoms. The number of halogens is 1. The largest absolute Gasteiger partial charge is 0.374 e. The van der Waals surface area contributed by atoms with E-state index < -0.39 is 0 Å². The molecule has 2 aromatic heterocycles. The molecule has 0 radical (unpaired) electrons. The average Bonchev–Trinajstić information content (AvgIpc) is 2.90. The Bertz CT molecular complexity index is 601. The Morgan fingerprint density at radius 1 is 1.59 bits per heavy atom. The summed E-state index contributed by atoms with van der Waals surface area (Å²) in [4.78, 5) is 1.13. The Morgan fingerprint density at radius 3 is 3.06 bits per heavy atom. The lowest BCUT2D eigenvalue weighted by atomic mass is 10.2. The Kier molecular flexibility index (Phi) is 2.68. The number of nitrogens with two attached hydrogens (primary N) is 1. The van der Waals surface area contributed by atoms with Crippen LogP contribution in [0.4, 0.5) is 5.82 Å². The Labute approximate surface area is 116 Å². The van der Waals surface area contributed by atoms with Crippen molar-refractivity contribution in [3.8, 4) is 10.6 Å². The van der Waals surface area contributed by atoms with Crippen molar-refractivity contribution < 1.29 is 0 Å². The molecule has 3 rings (SSSR count). The highest BCUT2D eigenvalue weighted by Crippen LogP contribution is 2.37. The summed E-state index contributed by atoms with van der Waals surface area (Å²) in [5, 5.41) is 8.04. The smallest absolute Gasteiger partial charge is 0.193 e. The highest BCUT2D eigenvalue weighted by Gasteiger charge is 2.24. The summed E-state index contributed by atoms with van der Waals surface area (Å²) in [6.07, 6.45) is 0.961. The second kappa shape index (κ2) is 4.08. The molecule has 0 spiro atoms. The van der Waals surface area contributed by atoms with Crippen molar-refractivity contribution in [1.82, 2.24) is 9.78 Å². The third kappa shape index (κ3) is 1.78.